The van der Waals surface area contributed by atoms with Crippen LogP contribution < -0.4 is 0 Å². The van der Waals surface area contributed by atoms with E-state index in [-0.39, 0.29) is 29.5 Å². The molecule has 2 fully saturated rings. The molecule has 2 heterocycles. The van der Waals surface area contributed by atoms with Gasteiger partial charge in [-0.2, -0.15) is 0 Å². The molecule has 2 rings (SSSR count). The van der Waals surface area contributed by atoms with Gasteiger partial charge in [0.2, 0.25) is 0 Å². The largest absolute Gasteiger partial charge is 0.502 e. The molecule has 0 bridgehead atoms. The zero-order valence-electron chi connectivity index (χ0n) is 19.5. The van der Waals surface area contributed by atoms with Gasteiger partial charge >= 0.3 is 14.8 Å². The van der Waals surface area contributed by atoms with Crippen LogP contribution in [0.25, 0.3) is 0 Å². The molecule has 0 saturated carbocycles. The molecule has 0 atom stereocenters. The molecule has 0 amide bonds. The first-order valence-corrected chi connectivity index (χ1v) is 9.80. The van der Waals surface area contributed by atoms with E-state index < -0.39 is 0 Å². The Bertz CT molecular complexity index is 459. The van der Waals surface area contributed by atoms with Crippen LogP contribution in [0.1, 0.15) is 69.2 Å². The predicted molar refractivity (Wildman–Crippen MR) is 115 cm³/mol. The minimum Gasteiger partial charge on any atom is -0.502 e. The molecule has 0 N–H and O–H groups in total. The zero-order chi connectivity index (χ0) is 22.1. The van der Waals surface area contributed by atoms with Crippen molar-refractivity contribution >= 4 is 14.8 Å². The topological polar surface area (TPSA) is 55.4 Å². The van der Waals surface area contributed by atoms with Gasteiger partial charge in [-0.15, -0.1) is 0 Å². The van der Waals surface area contributed by atoms with Crippen LogP contribution in [0.4, 0.5) is 0 Å². The Labute approximate surface area is 173 Å². The van der Waals surface area contributed by atoms with E-state index in [1.54, 1.807) is 12.2 Å². The summed E-state index contributed by atoms with van der Waals surface area (Å²) in [5.74, 6) is 1.79. The summed E-state index contributed by atoms with van der Waals surface area (Å²) < 4.78 is 31.5. The van der Waals surface area contributed by atoms with Gasteiger partial charge in [0.15, 0.2) is 0 Å². The average molecular weight is 397 g/mol. The molecule has 2 aliphatic heterocycles. The Hall–Kier alpha value is -0.950. The van der Waals surface area contributed by atoms with E-state index in [2.05, 4.69) is 11.3 Å². The quantitative estimate of drug-likeness (QED) is 0.505. The molecule has 0 aromatic carbocycles. The number of hydrogen-bond acceptors (Lipinski definition) is 6. The highest BCUT2D eigenvalue weighted by Gasteiger charge is 2.50. The van der Waals surface area contributed by atoms with Crippen molar-refractivity contribution in [1.82, 2.24) is 0 Å². The maximum Gasteiger partial charge on any atom is 0.490 e. The second kappa shape index (κ2) is 11.3. The van der Waals surface area contributed by atoms with Crippen molar-refractivity contribution in [3.8, 4) is 0 Å². The van der Waals surface area contributed by atoms with Gasteiger partial charge in [0, 0.05) is 0 Å². The highest BCUT2D eigenvalue weighted by atomic mass is 16.7. The molecule has 1 radical (unpaired) electrons. The number of ether oxygens (including phenoxy) is 2. The van der Waals surface area contributed by atoms with E-state index in [1.165, 1.54) is 13.9 Å². The van der Waals surface area contributed by atoms with Crippen molar-refractivity contribution < 1.29 is 28.1 Å². The molecular formula is C20H39B2O6. The first-order valence-electron chi connectivity index (χ1n) is 9.80. The smallest absolute Gasteiger partial charge is 0.490 e. The van der Waals surface area contributed by atoms with E-state index in [4.69, 9.17) is 23.4 Å². The van der Waals surface area contributed by atoms with E-state index in [0.717, 1.165) is 6.61 Å². The van der Waals surface area contributed by atoms with Crippen LogP contribution in [0.15, 0.2) is 25.1 Å². The summed E-state index contributed by atoms with van der Waals surface area (Å²) in [7, 11) is 1.12. The minimum atomic E-state index is -0.299. The first kappa shape index (κ1) is 27.0. The summed E-state index contributed by atoms with van der Waals surface area (Å²) in [6.45, 7) is 24.7. The summed E-state index contributed by atoms with van der Waals surface area (Å²) in [5, 5.41) is 0. The molecule has 2 aliphatic rings. The zero-order valence-corrected chi connectivity index (χ0v) is 19.5. The predicted octanol–water partition coefficient (Wildman–Crippen LogP) is 4.46. The molecule has 0 aliphatic carbocycles. The highest BCUT2D eigenvalue weighted by Crippen LogP contribution is 2.36. The Kier molecular flexibility index (Phi) is 10.9. The van der Waals surface area contributed by atoms with Gasteiger partial charge in [-0.1, -0.05) is 6.58 Å². The lowest BCUT2D eigenvalue weighted by molar-refractivity contribution is 0.00578. The fourth-order valence-electron chi connectivity index (χ4n) is 1.85. The molecule has 0 spiro atoms. The van der Waals surface area contributed by atoms with Crippen molar-refractivity contribution in [1.29, 1.82) is 0 Å². The second-order valence-corrected chi connectivity index (χ2v) is 8.38. The molecular weight excluding hydrogens is 358 g/mol. The molecule has 8 heteroatoms. The molecule has 0 aromatic rings. The lowest BCUT2D eigenvalue weighted by Crippen LogP contribution is -2.41. The molecule has 0 aromatic heterocycles. The van der Waals surface area contributed by atoms with Crippen LogP contribution in [0.2, 0.25) is 0 Å². The standard InChI is InChI=1S/C10H19BO3.C6H12BO2.C4H8O/c1-6-12-8-7-11-13-9(2,3)10(4,5)14-11;1-5(2)6(3,4)9-7-8-5;1-3-5-4-2/h7-8H,6H2,1-5H3;1-4H3;3H,1,4H2,2H3. The molecule has 161 valence electrons. The summed E-state index contributed by atoms with van der Waals surface area (Å²) in [5.41, 5.74) is -0.914. The second-order valence-electron chi connectivity index (χ2n) is 8.38. The average Bonchev–Trinajstić information content (AvgIpc) is 2.91. The molecule has 28 heavy (non-hydrogen) atoms. The third kappa shape index (κ3) is 8.19. The third-order valence-electron chi connectivity index (χ3n) is 5.19. The first-order chi connectivity index (χ1) is 12.8. The van der Waals surface area contributed by atoms with Crippen LogP contribution in [0.3, 0.4) is 0 Å². The molecule has 0 unspecified atom stereocenters. The maximum absolute atomic E-state index is 5.72. The van der Waals surface area contributed by atoms with Crippen LogP contribution in [0.5, 0.6) is 0 Å². The highest BCUT2D eigenvalue weighted by molar-refractivity contribution is 6.51. The number of rotatable bonds is 5. The van der Waals surface area contributed by atoms with Crippen LogP contribution >= 0.6 is 0 Å². The van der Waals surface area contributed by atoms with E-state index in [1.807, 2.05) is 69.2 Å². The van der Waals surface area contributed by atoms with Crippen molar-refractivity contribution in [2.45, 2.75) is 91.6 Å². The van der Waals surface area contributed by atoms with Gasteiger partial charge < -0.3 is 28.1 Å². The fraction of sp³-hybridized carbons (Fsp3) is 0.800. The van der Waals surface area contributed by atoms with Crippen molar-refractivity contribution in [3.05, 3.63) is 25.1 Å². The lowest BCUT2D eigenvalue weighted by Gasteiger charge is -2.32. The number of hydrogen-bond donors (Lipinski definition) is 0. The summed E-state index contributed by atoms with van der Waals surface area (Å²) in [4.78, 5) is 0. The Morgan fingerprint density at radius 1 is 0.786 bits per heavy atom. The SMILES string of the molecule is C=COCC.CC1(C)O[B]OC1(C)C.CCOC=CB1OC(C)(C)C(C)(C)O1. The molecule has 6 nitrogen and oxygen atoms in total. The van der Waals surface area contributed by atoms with Crippen molar-refractivity contribution in [2.24, 2.45) is 0 Å². The van der Waals surface area contributed by atoms with Gasteiger partial charge in [0.1, 0.15) is 0 Å². The van der Waals surface area contributed by atoms with Crippen LogP contribution in [-0.2, 0) is 28.1 Å². The normalized spacial score (nSPS) is 23.0. The third-order valence-corrected chi connectivity index (χ3v) is 5.19. The Balaban J connectivity index is 0.000000445. The minimum absolute atomic E-state index is 0.187. The van der Waals surface area contributed by atoms with E-state index in [0.29, 0.717) is 6.61 Å². The monoisotopic (exact) mass is 397 g/mol. The van der Waals surface area contributed by atoms with Gasteiger partial charge in [0.25, 0.3) is 0 Å². The summed E-state index contributed by atoms with van der Waals surface area (Å²) in [6, 6.07) is 0. The van der Waals surface area contributed by atoms with Gasteiger partial charge in [-0.3, -0.25) is 0 Å². The van der Waals surface area contributed by atoms with Crippen LogP contribution in [-0.4, -0.2) is 50.4 Å². The van der Waals surface area contributed by atoms with Gasteiger partial charge in [0.05, 0.1) is 48.1 Å². The maximum atomic E-state index is 5.72. The summed E-state index contributed by atoms with van der Waals surface area (Å²) in [6.07, 6.45) is 3.06. The molecule has 2 saturated heterocycles. The van der Waals surface area contributed by atoms with Crippen molar-refractivity contribution in [2.75, 3.05) is 13.2 Å². The van der Waals surface area contributed by atoms with Crippen molar-refractivity contribution in [3.63, 3.8) is 0 Å². The van der Waals surface area contributed by atoms with Gasteiger partial charge in [-0.05, 0) is 75.2 Å². The Morgan fingerprint density at radius 2 is 1.21 bits per heavy atom. The van der Waals surface area contributed by atoms with E-state index in [9.17, 15) is 0 Å². The lowest BCUT2D eigenvalue weighted by atomic mass is 9.90. The van der Waals surface area contributed by atoms with E-state index >= 15 is 0 Å². The van der Waals surface area contributed by atoms with Crippen LogP contribution in [0, 0.1) is 0 Å². The Morgan fingerprint density at radius 3 is 1.46 bits per heavy atom. The summed E-state index contributed by atoms with van der Waals surface area (Å²) >= 11 is 0. The van der Waals surface area contributed by atoms with Gasteiger partial charge in [-0.25, -0.2) is 0 Å². The fourth-order valence-corrected chi connectivity index (χ4v) is 1.85.